The Bertz CT molecular complexity index is 824. The molecule has 1 saturated carbocycles. The third kappa shape index (κ3) is 5.75. The minimum Gasteiger partial charge on any atom is -0.383 e. The monoisotopic (exact) mass is 386 g/mol. The van der Waals surface area contributed by atoms with E-state index >= 15 is 0 Å². The van der Waals surface area contributed by atoms with Crippen molar-refractivity contribution in [3.8, 4) is 0 Å². The number of non-ortho nitro benzene ring substituents is 1. The zero-order valence-corrected chi connectivity index (χ0v) is 15.4. The lowest BCUT2D eigenvalue weighted by molar-refractivity contribution is -0.384. The molecule has 0 atom stereocenters. The van der Waals surface area contributed by atoms with Crippen LogP contribution < -0.4 is 10.6 Å². The van der Waals surface area contributed by atoms with Crippen LogP contribution >= 0.6 is 0 Å². The van der Waals surface area contributed by atoms with Gasteiger partial charge in [0.2, 0.25) is 5.91 Å². The summed E-state index contributed by atoms with van der Waals surface area (Å²) in [4.78, 5) is 24.4. The molecule has 2 aromatic carbocycles. The molecule has 1 amide bonds. The summed E-state index contributed by atoms with van der Waals surface area (Å²) in [6.07, 6.45) is 2.06. The maximum atomic E-state index is 13.9. The predicted molar refractivity (Wildman–Crippen MR) is 104 cm³/mol. The minimum absolute atomic E-state index is 0.0360. The molecule has 1 fully saturated rings. The van der Waals surface area contributed by atoms with Gasteiger partial charge < -0.3 is 10.6 Å². The number of nitrogens with one attached hydrogen (secondary N) is 2. The fraction of sp³-hybridized carbons (Fsp3) is 0.350. The highest BCUT2D eigenvalue weighted by Gasteiger charge is 2.30. The zero-order valence-electron chi connectivity index (χ0n) is 15.4. The molecule has 2 aromatic rings. The van der Waals surface area contributed by atoms with Gasteiger partial charge in [0, 0.05) is 49.1 Å². The summed E-state index contributed by atoms with van der Waals surface area (Å²) in [5.41, 5.74) is 1.38. The first-order valence-corrected chi connectivity index (χ1v) is 9.25. The molecular formula is C20H23FN4O3. The van der Waals surface area contributed by atoms with Crippen LogP contribution in [-0.2, 0) is 11.3 Å². The highest BCUT2D eigenvalue weighted by Crippen LogP contribution is 2.28. The number of nitro benzene ring substituents is 1. The lowest BCUT2D eigenvalue weighted by atomic mass is 10.2. The van der Waals surface area contributed by atoms with Crippen molar-refractivity contribution in [1.29, 1.82) is 0 Å². The Morgan fingerprint density at radius 1 is 1.14 bits per heavy atom. The van der Waals surface area contributed by atoms with Crippen LogP contribution in [0.25, 0.3) is 0 Å². The Kier molecular flexibility index (Phi) is 6.54. The van der Waals surface area contributed by atoms with Crippen molar-refractivity contribution in [2.75, 3.05) is 25.0 Å². The molecule has 0 bridgehead atoms. The van der Waals surface area contributed by atoms with Crippen molar-refractivity contribution in [3.63, 3.8) is 0 Å². The van der Waals surface area contributed by atoms with Crippen molar-refractivity contribution in [2.24, 2.45) is 0 Å². The van der Waals surface area contributed by atoms with Gasteiger partial charge in [-0.25, -0.2) is 4.39 Å². The number of hydrogen-bond acceptors (Lipinski definition) is 5. The average Bonchev–Trinajstić information content (AvgIpc) is 3.52. The van der Waals surface area contributed by atoms with Crippen LogP contribution in [0.15, 0.2) is 48.5 Å². The Labute approximate surface area is 162 Å². The average molecular weight is 386 g/mol. The van der Waals surface area contributed by atoms with E-state index in [0.717, 1.165) is 18.5 Å². The first-order valence-electron chi connectivity index (χ1n) is 9.25. The lowest BCUT2D eigenvalue weighted by Gasteiger charge is -2.21. The molecule has 7 nitrogen and oxygen atoms in total. The van der Waals surface area contributed by atoms with Gasteiger partial charge in [0.15, 0.2) is 0 Å². The summed E-state index contributed by atoms with van der Waals surface area (Å²) in [5, 5.41) is 16.6. The number of hydrogen-bond donors (Lipinski definition) is 2. The largest absolute Gasteiger partial charge is 0.383 e. The maximum absolute atomic E-state index is 13.9. The minimum atomic E-state index is -0.447. The van der Waals surface area contributed by atoms with E-state index in [-0.39, 0.29) is 24.0 Å². The van der Waals surface area contributed by atoms with E-state index in [1.807, 2.05) is 4.90 Å². The normalized spacial score (nSPS) is 13.4. The van der Waals surface area contributed by atoms with Crippen molar-refractivity contribution in [1.82, 2.24) is 10.2 Å². The molecule has 0 saturated heterocycles. The van der Waals surface area contributed by atoms with Crippen molar-refractivity contribution < 1.29 is 14.1 Å². The summed E-state index contributed by atoms with van der Waals surface area (Å²) >= 11 is 0. The predicted octanol–water partition coefficient (Wildman–Crippen LogP) is 2.93. The molecule has 1 aliphatic rings. The molecule has 0 unspecified atom stereocenters. The second-order valence-electron chi connectivity index (χ2n) is 6.81. The van der Waals surface area contributed by atoms with Gasteiger partial charge >= 0.3 is 0 Å². The van der Waals surface area contributed by atoms with Crippen LogP contribution in [0, 0.1) is 15.9 Å². The standard InChI is InChI=1S/C20H23FN4O3/c21-19-4-2-1-3-15(19)13-24(17-9-10-17)14-20(26)23-12-11-22-16-5-7-18(8-6-16)25(27)28/h1-8,17,22H,9-14H2,(H,23,26). The second-order valence-corrected chi connectivity index (χ2v) is 6.81. The Morgan fingerprint density at radius 3 is 2.50 bits per heavy atom. The lowest BCUT2D eigenvalue weighted by Crippen LogP contribution is -2.39. The van der Waals surface area contributed by atoms with Crippen molar-refractivity contribution in [3.05, 3.63) is 70.0 Å². The summed E-state index contributed by atoms with van der Waals surface area (Å²) in [5.74, 6) is -0.352. The van der Waals surface area contributed by atoms with Crippen LogP contribution in [-0.4, -0.2) is 41.4 Å². The maximum Gasteiger partial charge on any atom is 0.269 e. The highest BCUT2D eigenvalue weighted by molar-refractivity contribution is 5.78. The Morgan fingerprint density at radius 2 is 1.86 bits per heavy atom. The number of rotatable bonds is 10. The topological polar surface area (TPSA) is 87.5 Å². The smallest absolute Gasteiger partial charge is 0.269 e. The van der Waals surface area contributed by atoms with Gasteiger partial charge in [-0.15, -0.1) is 0 Å². The van der Waals surface area contributed by atoms with Crippen LogP contribution in [0.2, 0.25) is 0 Å². The molecule has 2 N–H and O–H groups in total. The highest BCUT2D eigenvalue weighted by atomic mass is 19.1. The van der Waals surface area contributed by atoms with Crippen LogP contribution in [0.1, 0.15) is 18.4 Å². The van der Waals surface area contributed by atoms with Crippen LogP contribution in [0.5, 0.6) is 0 Å². The van der Waals surface area contributed by atoms with Gasteiger partial charge in [0.05, 0.1) is 11.5 Å². The summed E-state index contributed by atoms with van der Waals surface area (Å²) < 4.78 is 13.9. The third-order valence-corrected chi connectivity index (χ3v) is 4.60. The summed E-state index contributed by atoms with van der Waals surface area (Å²) in [7, 11) is 0. The number of nitrogens with zero attached hydrogens (tertiary/aromatic N) is 2. The van der Waals surface area contributed by atoms with Gasteiger partial charge in [0.25, 0.3) is 5.69 Å². The number of nitro groups is 1. The van der Waals surface area contributed by atoms with Crippen molar-refractivity contribution in [2.45, 2.75) is 25.4 Å². The number of benzene rings is 2. The van der Waals surface area contributed by atoms with E-state index in [1.165, 1.54) is 18.2 Å². The van der Waals surface area contributed by atoms with E-state index < -0.39 is 4.92 Å². The van der Waals surface area contributed by atoms with E-state index in [0.29, 0.717) is 31.2 Å². The molecule has 3 rings (SSSR count). The molecule has 8 heteroatoms. The molecule has 0 heterocycles. The number of halogens is 1. The Balaban J connectivity index is 1.41. The van der Waals surface area contributed by atoms with Crippen LogP contribution in [0.4, 0.5) is 15.8 Å². The molecule has 148 valence electrons. The first-order chi connectivity index (χ1) is 13.5. The van der Waals surface area contributed by atoms with E-state index in [2.05, 4.69) is 10.6 Å². The molecule has 0 radical (unpaired) electrons. The van der Waals surface area contributed by atoms with E-state index in [9.17, 15) is 19.3 Å². The van der Waals surface area contributed by atoms with Gasteiger partial charge in [-0.3, -0.25) is 19.8 Å². The molecule has 0 aliphatic heterocycles. The number of carbonyl (C=O) groups excluding carboxylic acids is 1. The fourth-order valence-electron chi connectivity index (χ4n) is 2.95. The summed E-state index contributed by atoms with van der Waals surface area (Å²) in [6, 6.07) is 13.1. The van der Waals surface area contributed by atoms with Gasteiger partial charge in [0.1, 0.15) is 5.82 Å². The third-order valence-electron chi connectivity index (χ3n) is 4.60. The molecule has 0 spiro atoms. The van der Waals surface area contributed by atoms with Gasteiger partial charge in [-0.05, 0) is 31.0 Å². The molecule has 0 aromatic heterocycles. The molecule has 1 aliphatic carbocycles. The SMILES string of the molecule is O=C(CN(Cc1ccccc1F)C1CC1)NCCNc1ccc([N+](=O)[O-])cc1. The van der Waals surface area contributed by atoms with E-state index in [4.69, 9.17) is 0 Å². The quantitative estimate of drug-likeness (QED) is 0.372. The zero-order chi connectivity index (χ0) is 19.9. The summed E-state index contributed by atoms with van der Waals surface area (Å²) in [6.45, 7) is 1.58. The molecule has 28 heavy (non-hydrogen) atoms. The Hall–Kier alpha value is -3.00. The van der Waals surface area contributed by atoms with E-state index in [1.54, 1.807) is 30.3 Å². The fourth-order valence-corrected chi connectivity index (χ4v) is 2.95. The second kappa shape index (κ2) is 9.27. The number of amides is 1. The van der Waals surface area contributed by atoms with Gasteiger partial charge in [-0.1, -0.05) is 18.2 Å². The number of carbonyl (C=O) groups is 1. The molecular weight excluding hydrogens is 363 g/mol. The number of anilines is 1. The van der Waals surface area contributed by atoms with Gasteiger partial charge in [-0.2, -0.15) is 0 Å². The van der Waals surface area contributed by atoms with Crippen LogP contribution in [0.3, 0.4) is 0 Å². The first kappa shape index (κ1) is 19.8. The van der Waals surface area contributed by atoms with Crippen molar-refractivity contribution >= 4 is 17.3 Å².